The summed E-state index contributed by atoms with van der Waals surface area (Å²) in [4.78, 5) is 27.4. The fourth-order valence-corrected chi connectivity index (χ4v) is 8.73. The molecule has 6 aromatic carbocycles. The molecule has 0 atom stereocenters. The van der Waals surface area contributed by atoms with Gasteiger partial charge in [0.05, 0.1) is 16.3 Å². The van der Waals surface area contributed by atoms with Crippen molar-refractivity contribution in [2.45, 2.75) is 39.5 Å². The molecule has 0 unspecified atom stereocenters. The molecule has 0 radical (unpaired) electrons. The molecule has 0 spiro atoms. The van der Waals surface area contributed by atoms with Crippen molar-refractivity contribution in [3.05, 3.63) is 173 Å². The smallest absolute Gasteiger partial charge is 0.485 e. The number of halogens is 3. The van der Waals surface area contributed by atoms with Gasteiger partial charge in [0, 0.05) is 11.1 Å². The monoisotopic (exact) mass is 768 g/mol. The highest BCUT2D eigenvalue weighted by molar-refractivity contribution is 7.97. The van der Waals surface area contributed by atoms with Crippen molar-refractivity contribution in [1.82, 2.24) is 0 Å². The number of phenols is 2. The molecule has 0 saturated heterocycles. The van der Waals surface area contributed by atoms with Crippen LogP contribution in [-0.2, 0) is 26.4 Å². The molecule has 6 aromatic rings. The van der Waals surface area contributed by atoms with Crippen LogP contribution in [0.15, 0.2) is 154 Å². The Kier molecular flexibility index (Phi) is 10.3. The van der Waals surface area contributed by atoms with Crippen molar-refractivity contribution in [2.75, 3.05) is 0 Å². The first-order chi connectivity index (χ1) is 25.5. The summed E-state index contributed by atoms with van der Waals surface area (Å²) < 4.78 is 58.9. The summed E-state index contributed by atoms with van der Waals surface area (Å²) >= 11 is 0. The second kappa shape index (κ2) is 14.6. The Morgan fingerprint density at radius 3 is 1.39 bits per heavy atom. The zero-order valence-electron chi connectivity index (χ0n) is 28.7. The lowest BCUT2D eigenvalue weighted by Crippen LogP contribution is -2.28. The molecule has 7 nitrogen and oxygen atoms in total. The van der Waals surface area contributed by atoms with Gasteiger partial charge in [0.15, 0.2) is 36.4 Å². The van der Waals surface area contributed by atoms with E-state index in [0.29, 0.717) is 11.1 Å². The Bertz CT molecular complexity index is 2360. The highest BCUT2D eigenvalue weighted by Crippen LogP contribution is 2.57. The van der Waals surface area contributed by atoms with Crippen LogP contribution in [0.5, 0.6) is 11.5 Å². The van der Waals surface area contributed by atoms with E-state index in [4.69, 9.17) is 13.0 Å². The van der Waals surface area contributed by atoms with Gasteiger partial charge < -0.3 is 14.8 Å². The van der Waals surface area contributed by atoms with Gasteiger partial charge in [0.1, 0.15) is 11.5 Å². The second-order valence-electron chi connectivity index (χ2n) is 12.5. The minimum absolute atomic E-state index is 0.0140. The normalized spacial score (nSPS) is 13.0. The molecule has 0 aliphatic heterocycles. The van der Waals surface area contributed by atoms with Gasteiger partial charge in [-0.2, -0.15) is 13.2 Å². The molecular weight excluding hydrogens is 738 g/mol. The maximum Gasteiger partial charge on any atom is 0.485 e. The first-order valence-corrected chi connectivity index (χ1v) is 19.0. The average molecular weight is 769 g/mol. The molecule has 54 heavy (non-hydrogen) atoms. The molecule has 1 aliphatic rings. The Morgan fingerprint density at radius 2 is 0.981 bits per heavy atom. The SMILES string of the molecule is CC(=O)c1ccc([S+](c2ccc(C(C)=O)cc2)c2ccc3c(c2)C(c2ccc(O)cc2)(c2ccc(O)cc2)c2ccccc2-3)cc1.O=S(=O)([O-])C(F)(F)F. The fraction of sp³-hybridized carbons (Fsp3) is 0.0952. The molecule has 0 saturated carbocycles. The number of fused-ring (bicyclic) bond motifs is 3. The van der Waals surface area contributed by atoms with Gasteiger partial charge in [0.25, 0.3) is 0 Å². The second-order valence-corrected chi connectivity index (χ2v) is 15.9. The Balaban J connectivity index is 0.000000561. The number of alkyl halides is 3. The molecule has 7 rings (SSSR count). The Morgan fingerprint density at radius 1 is 0.593 bits per heavy atom. The number of Topliss-reactive ketones (excluding diaryl/α,β-unsaturated/α-hetero) is 2. The van der Waals surface area contributed by atoms with E-state index in [2.05, 4.69) is 42.5 Å². The number of rotatable bonds is 7. The van der Waals surface area contributed by atoms with E-state index in [1.54, 1.807) is 38.1 Å². The van der Waals surface area contributed by atoms with Crippen LogP contribution >= 0.6 is 0 Å². The van der Waals surface area contributed by atoms with Crippen molar-refractivity contribution in [1.29, 1.82) is 0 Å². The van der Waals surface area contributed by atoms with Crippen molar-refractivity contribution in [3.8, 4) is 22.6 Å². The number of hydrogen-bond acceptors (Lipinski definition) is 7. The molecule has 274 valence electrons. The third-order valence-corrected chi connectivity index (χ3v) is 11.9. The van der Waals surface area contributed by atoms with E-state index in [1.807, 2.05) is 72.8 Å². The van der Waals surface area contributed by atoms with Crippen molar-refractivity contribution in [2.24, 2.45) is 0 Å². The topological polar surface area (TPSA) is 132 Å². The Hall–Kier alpha value is -5.69. The van der Waals surface area contributed by atoms with Crippen LogP contribution in [0, 0.1) is 0 Å². The highest BCUT2D eigenvalue weighted by atomic mass is 32.2. The third-order valence-electron chi connectivity index (χ3n) is 9.13. The van der Waals surface area contributed by atoms with Crippen molar-refractivity contribution >= 4 is 32.6 Å². The zero-order valence-corrected chi connectivity index (χ0v) is 30.3. The number of aromatic hydroxyl groups is 2. The van der Waals surface area contributed by atoms with E-state index in [9.17, 15) is 33.0 Å². The maximum absolute atomic E-state index is 12.1. The number of ketones is 2. The zero-order chi connectivity index (χ0) is 39.0. The minimum Gasteiger partial charge on any atom is -0.741 e. The van der Waals surface area contributed by atoms with Crippen LogP contribution in [-0.4, -0.2) is 40.3 Å². The summed E-state index contributed by atoms with van der Waals surface area (Å²) in [6.07, 6.45) is 0. The number of benzene rings is 6. The molecule has 1 aliphatic carbocycles. The van der Waals surface area contributed by atoms with Gasteiger partial charge in [0.2, 0.25) is 0 Å². The largest absolute Gasteiger partial charge is 0.741 e. The van der Waals surface area contributed by atoms with Crippen LogP contribution in [0.1, 0.15) is 56.8 Å². The van der Waals surface area contributed by atoms with E-state index in [1.165, 1.54) is 0 Å². The van der Waals surface area contributed by atoms with Gasteiger partial charge in [-0.15, -0.1) is 0 Å². The number of carbonyl (C=O) groups is 2. The highest BCUT2D eigenvalue weighted by Gasteiger charge is 2.47. The first-order valence-electron chi connectivity index (χ1n) is 16.3. The predicted molar refractivity (Wildman–Crippen MR) is 198 cm³/mol. The third kappa shape index (κ3) is 7.15. The molecular formula is C42H31F3O7S2. The van der Waals surface area contributed by atoms with Gasteiger partial charge in [-0.25, -0.2) is 8.42 Å². The van der Waals surface area contributed by atoms with Crippen LogP contribution < -0.4 is 0 Å². The summed E-state index contributed by atoms with van der Waals surface area (Å²) in [6.45, 7) is 3.14. The molecule has 0 aromatic heterocycles. The van der Waals surface area contributed by atoms with Gasteiger partial charge in [-0.05, 0) is 138 Å². The molecule has 0 amide bonds. The van der Waals surface area contributed by atoms with Gasteiger partial charge >= 0.3 is 5.51 Å². The fourth-order valence-electron chi connectivity index (χ4n) is 6.66. The number of phenolic OH excluding ortho intramolecular Hbond substituents is 2. The van der Waals surface area contributed by atoms with Crippen LogP contribution in [0.4, 0.5) is 13.2 Å². The lowest BCUT2D eigenvalue weighted by Gasteiger charge is -2.34. The van der Waals surface area contributed by atoms with Crippen LogP contribution in [0.3, 0.4) is 0 Å². The number of carbonyl (C=O) groups excluding carboxylic acids is 2. The van der Waals surface area contributed by atoms with E-state index < -0.39 is 31.9 Å². The quantitative estimate of drug-likeness (QED) is 0.0716. The molecule has 2 N–H and O–H groups in total. The van der Waals surface area contributed by atoms with Crippen molar-refractivity contribution in [3.63, 3.8) is 0 Å². The van der Waals surface area contributed by atoms with Gasteiger partial charge in [-0.3, -0.25) is 9.59 Å². The van der Waals surface area contributed by atoms with Gasteiger partial charge in [-0.1, -0.05) is 48.5 Å². The first kappa shape index (κ1) is 38.0. The summed E-state index contributed by atoms with van der Waals surface area (Å²) in [5.74, 6) is 0.407. The lowest BCUT2D eigenvalue weighted by atomic mass is 9.67. The molecule has 0 bridgehead atoms. The van der Waals surface area contributed by atoms with Crippen molar-refractivity contribution < 1.29 is 45.9 Å². The average Bonchev–Trinajstić information content (AvgIpc) is 3.43. The minimum atomic E-state index is -6.09. The van der Waals surface area contributed by atoms with E-state index >= 15 is 0 Å². The Labute approximate surface area is 312 Å². The standard InChI is InChI=1S/C41H30O4S.CHF3O3S/c1-26(42)28-7-19-34(20-8-28)46(35-21-9-29(10-22-35)27(2)43)36-23-24-38-37-5-3-4-6-39(37)41(40(38)25-36,30-11-15-32(44)16-12-30)31-13-17-33(45)18-14-31;2-1(3,4)8(5,6)7/h3-25H,1-2H3,(H-,44,45);(H,5,6,7). The maximum atomic E-state index is 12.1. The van der Waals surface area contributed by atoms with Crippen LogP contribution in [0.25, 0.3) is 11.1 Å². The van der Waals surface area contributed by atoms with E-state index in [0.717, 1.165) is 48.1 Å². The number of hydrogen-bond donors (Lipinski definition) is 2. The lowest BCUT2D eigenvalue weighted by molar-refractivity contribution is -0.0517. The summed E-state index contributed by atoms with van der Waals surface area (Å²) in [5, 5.41) is 20.6. The predicted octanol–water partition coefficient (Wildman–Crippen LogP) is 9.01. The summed E-state index contributed by atoms with van der Waals surface area (Å²) in [6, 6.07) is 45.5. The van der Waals surface area contributed by atoms with Crippen LogP contribution in [0.2, 0.25) is 0 Å². The molecule has 0 fully saturated rings. The summed E-state index contributed by atoms with van der Waals surface area (Å²) in [5.41, 5.74) is 1.39. The summed E-state index contributed by atoms with van der Waals surface area (Å²) in [7, 11) is -6.66. The van der Waals surface area contributed by atoms with E-state index in [-0.39, 0.29) is 23.1 Å². The molecule has 12 heteroatoms. The molecule has 0 heterocycles.